The molecule has 0 rings (SSSR count). The largest absolute Gasteiger partial charge is 0.301 e. The molecule has 0 saturated carbocycles. The van der Waals surface area contributed by atoms with Crippen molar-refractivity contribution < 1.29 is 0 Å². The summed E-state index contributed by atoms with van der Waals surface area (Å²) in [6, 6.07) is 0. The molecule has 0 aliphatic heterocycles. The molecule has 24 heavy (non-hydrogen) atoms. The van der Waals surface area contributed by atoms with Crippen molar-refractivity contribution in [1.29, 1.82) is 0 Å². The fraction of sp³-hybridized carbons (Fsp3) is 1.00. The van der Waals surface area contributed by atoms with E-state index in [0.717, 1.165) is 0 Å². The normalized spacial score (nSPS) is 14.8. The molecule has 0 aromatic carbocycles. The number of rotatable bonds is 7. The number of hydrogen-bond donors (Lipinski definition) is 0. The molecule has 0 unspecified atom stereocenters. The molecular weight excluding hydrogens is 292 g/mol. The highest BCUT2D eigenvalue weighted by Gasteiger charge is 2.25. The third kappa shape index (κ3) is 15.4. The summed E-state index contributed by atoms with van der Waals surface area (Å²) >= 11 is 0. The second kappa shape index (κ2) is 8.54. The summed E-state index contributed by atoms with van der Waals surface area (Å²) in [6.45, 7) is 35.2. The topological polar surface area (TPSA) is 6.48 Å². The maximum Gasteiger partial charge on any atom is 0.0110 e. The first kappa shape index (κ1) is 23.9. The zero-order chi connectivity index (χ0) is 19.4. The lowest BCUT2D eigenvalue weighted by molar-refractivity contribution is 0.0938. The summed E-state index contributed by atoms with van der Waals surface area (Å²) in [7, 11) is 0. The van der Waals surface area contributed by atoms with E-state index in [1.54, 1.807) is 0 Å². The molecule has 0 aliphatic rings. The minimum atomic E-state index is 0.351. The van der Waals surface area contributed by atoms with Gasteiger partial charge in [0.15, 0.2) is 0 Å². The molecule has 0 fully saturated rings. The highest BCUT2D eigenvalue weighted by atomic mass is 15.2. The van der Waals surface area contributed by atoms with E-state index in [1.165, 1.54) is 39.3 Å². The van der Waals surface area contributed by atoms with Crippen LogP contribution in [-0.4, -0.2) is 49.1 Å². The maximum absolute atomic E-state index is 2.68. The smallest absolute Gasteiger partial charge is 0.0110 e. The molecule has 0 aromatic rings. The zero-order valence-electron chi connectivity index (χ0n) is 19.1. The summed E-state index contributed by atoms with van der Waals surface area (Å²) in [5.41, 5.74) is 1.41. The van der Waals surface area contributed by atoms with Gasteiger partial charge in [-0.15, -0.1) is 0 Å². The lowest BCUT2D eigenvalue weighted by Crippen LogP contribution is -2.46. The van der Waals surface area contributed by atoms with Gasteiger partial charge in [0, 0.05) is 39.3 Å². The Labute approximate surface area is 154 Å². The molecule has 146 valence electrons. The molecule has 0 saturated heterocycles. The van der Waals surface area contributed by atoms with Gasteiger partial charge in [-0.05, 0) is 21.7 Å². The van der Waals surface area contributed by atoms with E-state index in [1.807, 2.05) is 0 Å². The van der Waals surface area contributed by atoms with Crippen LogP contribution < -0.4 is 0 Å². The lowest BCUT2D eigenvalue weighted by atomic mass is 9.91. The third-order valence-electron chi connectivity index (χ3n) is 3.52. The van der Waals surface area contributed by atoms with Crippen LogP contribution in [0.2, 0.25) is 0 Å². The number of hydrogen-bond acceptors (Lipinski definition) is 2. The van der Waals surface area contributed by atoms with Crippen LogP contribution >= 0.6 is 0 Å². The van der Waals surface area contributed by atoms with Crippen LogP contribution in [-0.2, 0) is 0 Å². The third-order valence-corrected chi connectivity index (χ3v) is 3.52. The van der Waals surface area contributed by atoms with Crippen molar-refractivity contribution in [2.45, 2.75) is 83.1 Å². The Hall–Kier alpha value is -0.0800. The van der Waals surface area contributed by atoms with Crippen LogP contribution in [0.5, 0.6) is 0 Å². The average Bonchev–Trinajstić information content (AvgIpc) is 2.16. The molecule has 0 radical (unpaired) electrons. The maximum atomic E-state index is 2.68. The zero-order valence-corrected chi connectivity index (χ0v) is 19.1. The van der Waals surface area contributed by atoms with Crippen LogP contribution in [0.25, 0.3) is 0 Å². The van der Waals surface area contributed by atoms with Gasteiger partial charge in [-0.25, -0.2) is 0 Å². The molecule has 0 aromatic heterocycles. The molecule has 0 heterocycles. The van der Waals surface area contributed by atoms with E-state index in [2.05, 4.69) is 92.9 Å². The monoisotopic (exact) mass is 340 g/mol. The van der Waals surface area contributed by atoms with Gasteiger partial charge < -0.3 is 9.80 Å². The average molecular weight is 341 g/mol. The number of nitrogens with zero attached hydrogens (tertiary/aromatic N) is 2. The second-order valence-electron chi connectivity index (χ2n) is 12.7. The van der Waals surface area contributed by atoms with Crippen molar-refractivity contribution >= 4 is 0 Å². The van der Waals surface area contributed by atoms with E-state index >= 15 is 0 Å². The summed E-state index contributed by atoms with van der Waals surface area (Å²) < 4.78 is 0. The van der Waals surface area contributed by atoms with Gasteiger partial charge >= 0.3 is 0 Å². The molecule has 0 spiro atoms. The highest BCUT2D eigenvalue weighted by Crippen LogP contribution is 2.23. The minimum Gasteiger partial charge on any atom is -0.301 e. The Morgan fingerprint density at radius 1 is 0.375 bits per heavy atom. The first-order chi connectivity index (χ1) is 10.4. The standard InChI is InChI=1S/C22H48N2/c1-19(2,3)15-23(16-20(4,5)6)13-14-24(17-21(7,8)9)18-22(10,11)12/h13-18H2,1-12H3. The summed E-state index contributed by atoms with van der Waals surface area (Å²) in [5.74, 6) is 0. The van der Waals surface area contributed by atoms with Crippen LogP contribution in [0.4, 0.5) is 0 Å². The Balaban J connectivity index is 4.94. The van der Waals surface area contributed by atoms with E-state index < -0.39 is 0 Å². The van der Waals surface area contributed by atoms with Crippen molar-refractivity contribution in [3.8, 4) is 0 Å². The fourth-order valence-corrected chi connectivity index (χ4v) is 3.39. The Kier molecular flexibility index (Phi) is 8.51. The summed E-state index contributed by atoms with van der Waals surface area (Å²) in [4.78, 5) is 5.36. The van der Waals surface area contributed by atoms with Crippen LogP contribution in [0.1, 0.15) is 83.1 Å². The highest BCUT2D eigenvalue weighted by molar-refractivity contribution is 4.79. The van der Waals surface area contributed by atoms with Gasteiger partial charge in [0.2, 0.25) is 0 Å². The lowest BCUT2D eigenvalue weighted by Gasteiger charge is -2.39. The molecule has 2 heteroatoms. The van der Waals surface area contributed by atoms with Crippen LogP contribution in [0.15, 0.2) is 0 Å². The van der Waals surface area contributed by atoms with Crippen molar-refractivity contribution in [1.82, 2.24) is 9.80 Å². The van der Waals surface area contributed by atoms with Crippen molar-refractivity contribution in [2.24, 2.45) is 21.7 Å². The Bertz CT molecular complexity index is 276. The molecular formula is C22H48N2. The van der Waals surface area contributed by atoms with Gasteiger partial charge in [0.1, 0.15) is 0 Å². The van der Waals surface area contributed by atoms with Crippen molar-refractivity contribution in [2.75, 3.05) is 39.3 Å². The predicted molar refractivity (Wildman–Crippen MR) is 111 cm³/mol. The Morgan fingerprint density at radius 2 is 0.542 bits per heavy atom. The molecule has 2 nitrogen and oxygen atoms in total. The van der Waals surface area contributed by atoms with Crippen molar-refractivity contribution in [3.05, 3.63) is 0 Å². The molecule has 0 amide bonds. The van der Waals surface area contributed by atoms with E-state index in [0.29, 0.717) is 21.7 Å². The molecule has 0 atom stereocenters. The van der Waals surface area contributed by atoms with Crippen LogP contribution in [0.3, 0.4) is 0 Å². The van der Waals surface area contributed by atoms with Gasteiger partial charge in [0.05, 0.1) is 0 Å². The van der Waals surface area contributed by atoms with E-state index in [-0.39, 0.29) is 0 Å². The molecule has 0 N–H and O–H groups in total. The SMILES string of the molecule is CC(C)(C)CN(CCN(CC(C)(C)C)CC(C)(C)C)CC(C)(C)C. The van der Waals surface area contributed by atoms with Crippen molar-refractivity contribution in [3.63, 3.8) is 0 Å². The molecule has 0 bridgehead atoms. The first-order valence-corrected chi connectivity index (χ1v) is 9.81. The Morgan fingerprint density at radius 3 is 0.667 bits per heavy atom. The van der Waals surface area contributed by atoms with Gasteiger partial charge in [-0.1, -0.05) is 83.1 Å². The van der Waals surface area contributed by atoms with Gasteiger partial charge in [-0.3, -0.25) is 0 Å². The van der Waals surface area contributed by atoms with Gasteiger partial charge in [-0.2, -0.15) is 0 Å². The van der Waals surface area contributed by atoms with Gasteiger partial charge in [0.25, 0.3) is 0 Å². The fourth-order valence-electron chi connectivity index (χ4n) is 3.39. The minimum absolute atomic E-state index is 0.351. The predicted octanol–water partition coefficient (Wildman–Crippen LogP) is 5.77. The summed E-state index contributed by atoms with van der Waals surface area (Å²) in [5, 5.41) is 0. The van der Waals surface area contributed by atoms with E-state index in [9.17, 15) is 0 Å². The van der Waals surface area contributed by atoms with E-state index in [4.69, 9.17) is 0 Å². The quantitative estimate of drug-likeness (QED) is 0.580. The first-order valence-electron chi connectivity index (χ1n) is 9.81. The second-order valence-corrected chi connectivity index (χ2v) is 12.7. The summed E-state index contributed by atoms with van der Waals surface area (Å²) in [6.07, 6.45) is 0. The molecule has 0 aliphatic carbocycles. The van der Waals surface area contributed by atoms with Crippen LogP contribution in [0, 0.1) is 21.7 Å².